The van der Waals surface area contributed by atoms with Crippen molar-refractivity contribution >= 4 is 5.91 Å². The summed E-state index contributed by atoms with van der Waals surface area (Å²) in [6, 6.07) is 3.75. The van der Waals surface area contributed by atoms with Crippen molar-refractivity contribution in [2.24, 2.45) is 0 Å². The van der Waals surface area contributed by atoms with Crippen LogP contribution in [-0.2, 0) is 11.3 Å². The second-order valence-corrected chi connectivity index (χ2v) is 4.45. The number of hydrogen-bond acceptors (Lipinski definition) is 4. The minimum absolute atomic E-state index is 0.145. The van der Waals surface area contributed by atoms with Crippen LogP contribution in [0.15, 0.2) is 12.1 Å². The van der Waals surface area contributed by atoms with Crippen molar-refractivity contribution in [1.82, 2.24) is 15.6 Å². The fourth-order valence-electron chi connectivity index (χ4n) is 1.66. The Labute approximate surface area is 114 Å². The van der Waals surface area contributed by atoms with Crippen LogP contribution in [0, 0.1) is 6.92 Å². The number of carbonyl (C=O) groups is 1. The number of rotatable bonds is 7. The third-order valence-electron chi connectivity index (χ3n) is 2.71. The topological polar surface area (TPSA) is 63.3 Å². The molecule has 1 heterocycles. The molecule has 0 fully saturated rings. The molecule has 0 aliphatic heterocycles. The van der Waals surface area contributed by atoms with E-state index in [4.69, 9.17) is 4.74 Å². The van der Waals surface area contributed by atoms with Gasteiger partial charge in [-0.05, 0) is 38.9 Å². The zero-order valence-corrected chi connectivity index (χ0v) is 12.1. The molecule has 1 amide bonds. The highest BCUT2D eigenvalue weighted by Crippen LogP contribution is 2.18. The van der Waals surface area contributed by atoms with E-state index in [9.17, 15) is 4.79 Å². The van der Waals surface area contributed by atoms with Crippen LogP contribution < -0.4 is 15.4 Å². The fourth-order valence-corrected chi connectivity index (χ4v) is 1.66. The largest absolute Gasteiger partial charge is 0.479 e. The Morgan fingerprint density at radius 1 is 1.47 bits per heavy atom. The summed E-state index contributed by atoms with van der Waals surface area (Å²) in [5, 5.41) is 5.86. The number of amides is 1. The van der Waals surface area contributed by atoms with Gasteiger partial charge in [-0.1, -0.05) is 6.92 Å². The van der Waals surface area contributed by atoms with Gasteiger partial charge in [0, 0.05) is 19.3 Å². The molecule has 1 unspecified atom stereocenters. The van der Waals surface area contributed by atoms with Gasteiger partial charge in [-0.2, -0.15) is 0 Å². The molecule has 5 heteroatoms. The molecule has 0 aromatic carbocycles. The molecule has 0 saturated carbocycles. The van der Waals surface area contributed by atoms with Crippen molar-refractivity contribution in [3.63, 3.8) is 0 Å². The number of carbonyl (C=O) groups excluding carboxylic acids is 1. The summed E-state index contributed by atoms with van der Waals surface area (Å²) in [7, 11) is 1.60. The summed E-state index contributed by atoms with van der Waals surface area (Å²) in [6.45, 7) is 7.35. The summed E-state index contributed by atoms with van der Waals surface area (Å²) < 4.78 is 5.67. The molecule has 0 aliphatic carbocycles. The molecule has 19 heavy (non-hydrogen) atoms. The molecular formula is C14H23N3O2. The van der Waals surface area contributed by atoms with Crippen molar-refractivity contribution in [3.8, 4) is 5.75 Å². The monoisotopic (exact) mass is 265 g/mol. The van der Waals surface area contributed by atoms with E-state index >= 15 is 0 Å². The van der Waals surface area contributed by atoms with Gasteiger partial charge in [0.25, 0.3) is 5.91 Å². The van der Waals surface area contributed by atoms with Gasteiger partial charge in [0.05, 0.1) is 5.69 Å². The molecule has 1 aromatic heterocycles. The van der Waals surface area contributed by atoms with Gasteiger partial charge in [0.2, 0.25) is 0 Å². The van der Waals surface area contributed by atoms with Crippen molar-refractivity contribution in [2.45, 2.75) is 39.8 Å². The molecule has 0 radical (unpaired) electrons. The molecular weight excluding hydrogens is 242 g/mol. The van der Waals surface area contributed by atoms with Gasteiger partial charge >= 0.3 is 0 Å². The first-order chi connectivity index (χ1) is 9.08. The molecule has 0 aliphatic rings. The second kappa shape index (κ2) is 7.74. The van der Waals surface area contributed by atoms with Crippen molar-refractivity contribution in [1.29, 1.82) is 0 Å². The van der Waals surface area contributed by atoms with Crippen LogP contribution in [0.3, 0.4) is 0 Å². The van der Waals surface area contributed by atoms with Gasteiger partial charge in [0.1, 0.15) is 5.75 Å². The maximum absolute atomic E-state index is 11.5. The van der Waals surface area contributed by atoms with E-state index in [0.29, 0.717) is 12.3 Å². The molecule has 1 aromatic rings. The number of pyridine rings is 1. The fraction of sp³-hybridized carbons (Fsp3) is 0.571. The minimum Gasteiger partial charge on any atom is -0.479 e. The number of ether oxygens (including phenoxy) is 1. The smallest absolute Gasteiger partial charge is 0.260 e. The van der Waals surface area contributed by atoms with Gasteiger partial charge < -0.3 is 15.4 Å². The van der Waals surface area contributed by atoms with Crippen LogP contribution in [-0.4, -0.2) is 30.6 Å². The maximum atomic E-state index is 11.5. The Hall–Kier alpha value is -1.62. The van der Waals surface area contributed by atoms with Crippen LogP contribution in [0.25, 0.3) is 0 Å². The van der Waals surface area contributed by atoms with Crippen LogP contribution in [0.2, 0.25) is 0 Å². The van der Waals surface area contributed by atoms with Gasteiger partial charge in [-0.25, -0.2) is 0 Å². The molecule has 1 rings (SSSR count). The Morgan fingerprint density at radius 3 is 2.84 bits per heavy atom. The van der Waals surface area contributed by atoms with E-state index in [-0.39, 0.29) is 5.91 Å². The zero-order valence-electron chi connectivity index (χ0n) is 12.1. The molecule has 2 N–H and O–H groups in total. The number of nitrogens with one attached hydrogen (secondary N) is 2. The molecule has 0 bridgehead atoms. The van der Waals surface area contributed by atoms with E-state index < -0.39 is 6.10 Å². The van der Waals surface area contributed by atoms with Crippen molar-refractivity contribution in [3.05, 3.63) is 23.5 Å². The number of likely N-dealkylation sites (N-methyl/N-ethyl adjacent to an activating group) is 1. The summed E-state index contributed by atoms with van der Waals surface area (Å²) in [5.41, 5.74) is 1.78. The van der Waals surface area contributed by atoms with Gasteiger partial charge in [-0.3, -0.25) is 9.78 Å². The standard InChI is InChI=1S/C14H23N3O2/c1-5-8-16-9-12-13(7-6-10(2)17-12)19-11(3)14(18)15-4/h6-7,11,16H,5,8-9H2,1-4H3,(H,15,18). The highest BCUT2D eigenvalue weighted by Gasteiger charge is 2.15. The Bertz CT molecular complexity index is 421. The van der Waals surface area contributed by atoms with Crippen LogP contribution in [0.4, 0.5) is 0 Å². The van der Waals surface area contributed by atoms with E-state index in [1.807, 2.05) is 19.1 Å². The highest BCUT2D eigenvalue weighted by molar-refractivity contribution is 5.80. The number of nitrogens with zero attached hydrogens (tertiary/aromatic N) is 1. The van der Waals surface area contributed by atoms with Gasteiger partial charge in [-0.15, -0.1) is 0 Å². The lowest BCUT2D eigenvalue weighted by Crippen LogP contribution is -2.34. The number of aromatic nitrogens is 1. The third kappa shape index (κ3) is 4.87. The molecule has 0 spiro atoms. The van der Waals surface area contributed by atoms with E-state index in [1.165, 1.54) is 0 Å². The van der Waals surface area contributed by atoms with E-state index in [2.05, 4.69) is 22.5 Å². The highest BCUT2D eigenvalue weighted by atomic mass is 16.5. The average molecular weight is 265 g/mol. The second-order valence-electron chi connectivity index (χ2n) is 4.45. The lowest BCUT2D eigenvalue weighted by Gasteiger charge is -2.16. The van der Waals surface area contributed by atoms with E-state index in [1.54, 1.807) is 14.0 Å². The predicted molar refractivity (Wildman–Crippen MR) is 75.1 cm³/mol. The molecule has 106 valence electrons. The summed E-state index contributed by atoms with van der Waals surface area (Å²) in [4.78, 5) is 15.9. The SMILES string of the molecule is CCCNCc1nc(C)ccc1OC(C)C(=O)NC. The average Bonchev–Trinajstić information content (AvgIpc) is 2.40. The summed E-state index contributed by atoms with van der Waals surface area (Å²) in [5.74, 6) is 0.512. The Balaban J connectivity index is 2.78. The normalized spacial score (nSPS) is 12.0. The van der Waals surface area contributed by atoms with Crippen LogP contribution >= 0.6 is 0 Å². The van der Waals surface area contributed by atoms with Crippen molar-refractivity contribution < 1.29 is 9.53 Å². The lowest BCUT2D eigenvalue weighted by atomic mass is 10.2. The van der Waals surface area contributed by atoms with Crippen LogP contribution in [0.1, 0.15) is 31.7 Å². The predicted octanol–water partition coefficient (Wildman–Crippen LogP) is 1.40. The Morgan fingerprint density at radius 2 is 2.21 bits per heavy atom. The lowest BCUT2D eigenvalue weighted by molar-refractivity contribution is -0.126. The van der Waals surface area contributed by atoms with E-state index in [0.717, 1.165) is 24.4 Å². The number of aryl methyl sites for hydroxylation is 1. The third-order valence-corrected chi connectivity index (χ3v) is 2.71. The van der Waals surface area contributed by atoms with Crippen LogP contribution in [0.5, 0.6) is 5.75 Å². The molecule has 0 saturated heterocycles. The quantitative estimate of drug-likeness (QED) is 0.732. The molecule has 5 nitrogen and oxygen atoms in total. The van der Waals surface area contributed by atoms with Crippen molar-refractivity contribution in [2.75, 3.05) is 13.6 Å². The summed E-state index contributed by atoms with van der Waals surface area (Å²) >= 11 is 0. The minimum atomic E-state index is -0.528. The first-order valence-electron chi connectivity index (χ1n) is 6.64. The first-order valence-corrected chi connectivity index (χ1v) is 6.64. The zero-order chi connectivity index (χ0) is 14.3. The molecule has 1 atom stereocenters. The Kier molecular flexibility index (Phi) is 6.29. The van der Waals surface area contributed by atoms with Gasteiger partial charge in [0.15, 0.2) is 6.10 Å². The maximum Gasteiger partial charge on any atom is 0.260 e. The number of hydrogen-bond donors (Lipinski definition) is 2. The first kappa shape index (κ1) is 15.4. The summed E-state index contributed by atoms with van der Waals surface area (Å²) in [6.07, 6.45) is 0.538.